The molecule has 2 saturated heterocycles. The number of thiazole rings is 1. The van der Waals surface area contributed by atoms with Crippen LogP contribution in [0.1, 0.15) is 23.5 Å². The molecule has 150 valence electrons. The Hall–Kier alpha value is -2.22. The van der Waals surface area contributed by atoms with Gasteiger partial charge < -0.3 is 4.74 Å². The predicted octanol–water partition coefficient (Wildman–Crippen LogP) is 3.28. The molecule has 0 unspecified atom stereocenters. The molecule has 6 nitrogen and oxygen atoms in total. The first-order valence-electron chi connectivity index (χ1n) is 10.2. The Labute approximate surface area is 174 Å². The number of likely N-dealkylation sites (tertiary alicyclic amines) is 1. The van der Waals surface area contributed by atoms with Crippen LogP contribution in [0.25, 0.3) is 21.3 Å². The summed E-state index contributed by atoms with van der Waals surface area (Å²) >= 11 is 1.66. The zero-order valence-corrected chi connectivity index (χ0v) is 17.3. The summed E-state index contributed by atoms with van der Waals surface area (Å²) in [4.78, 5) is 29.8. The highest BCUT2D eigenvalue weighted by Crippen LogP contribution is 2.28. The van der Waals surface area contributed by atoms with Gasteiger partial charge in [0.1, 0.15) is 5.78 Å². The van der Waals surface area contributed by atoms with E-state index in [1.54, 1.807) is 17.5 Å². The first kappa shape index (κ1) is 18.8. The van der Waals surface area contributed by atoms with Gasteiger partial charge in [0.15, 0.2) is 0 Å². The van der Waals surface area contributed by atoms with E-state index in [1.807, 2.05) is 25.4 Å². The molecule has 3 aromatic heterocycles. The molecule has 5 rings (SSSR count). The third-order valence-electron chi connectivity index (χ3n) is 6.01. The van der Waals surface area contributed by atoms with Crippen LogP contribution in [-0.2, 0) is 16.0 Å². The van der Waals surface area contributed by atoms with E-state index < -0.39 is 0 Å². The van der Waals surface area contributed by atoms with Crippen LogP contribution in [0.15, 0.2) is 30.7 Å². The molecule has 0 spiro atoms. The number of rotatable bonds is 5. The highest BCUT2D eigenvalue weighted by atomic mass is 32.1. The predicted molar refractivity (Wildman–Crippen MR) is 113 cm³/mol. The topological polar surface area (TPSA) is 68.2 Å². The molecule has 2 fully saturated rings. The Morgan fingerprint density at radius 1 is 1.14 bits per heavy atom. The van der Waals surface area contributed by atoms with E-state index in [4.69, 9.17) is 4.74 Å². The van der Waals surface area contributed by atoms with E-state index in [-0.39, 0.29) is 5.92 Å². The van der Waals surface area contributed by atoms with Gasteiger partial charge in [-0.1, -0.05) is 0 Å². The van der Waals surface area contributed by atoms with E-state index >= 15 is 0 Å². The van der Waals surface area contributed by atoms with Crippen LogP contribution >= 0.6 is 11.3 Å². The maximum absolute atomic E-state index is 12.8. The summed E-state index contributed by atoms with van der Waals surface area (Å²) in [5, 5.41) is 2.06. The van der Waals surface area contributed by atoms with E-state index in [0.29, 0.717) is 18.2 Å². The van der Waals surface area contributed by atoms with Gasteiger partial charge in [-0.05, 0) is 45.0 Å². The van der Waals surface area contributed by atoms with Gasteiger partial charge in [0.05, 0.1) is 40.9 Å². The molecule has 0 N–H and O–H groups in total. The second-order valence-corrected chi connectivity index (χ2v) is 9.22. The standard InChI is InChI=1S/C22H24N4O2S/c1-14-23-11-22(29-14)17-6-16-7-18(24-10-20(16)25-9-17)8-21(27)15-2-4-26(5-3-15)19-12-28-13-19/h6-7,9-11,15,19H,2-5,8,12-13H2,1H3. The van der Waals surface area contributed by atoms with Crippen molar-refractivity contribution in [1.29, 1.82) is 0 Å². The monoisotopic (exact) mass is 408 g/mol. The number of aromatic nitrogens is 3. The van der Waals surface area contributed by atoms with Gasteiger partial charge in [0.2, 0.25) is 0 Å². The molecule has 0 saturated carbocycles. The summed E-state index contributed by atoms with van der Waals surface area (Å²) in [7, 11) is 0. The second kappa shape index (κ2) is 7.89. The van der Waals surface area contributed by atoms with E-state index in [1.165, 1.54) is 0 Å². The van der Waals surface area contributed by atoms with Crippen LogP contribution in [0.5, 0.6) is 0 Å². The lowest BCUT2D eigenvalue weighted by Crippen LogP contribution is -2.52. The van der Waals surface area contributed by atoms with Crippen LogP contribution in [0, 0.1) is 12.8 Å². The number of ketones is 1. The van der Waals surface area contributed by atoms with Gasteiger partial charge in [-0.25, -0.2) is 4.98 Å². The van der Waals surface area contributed by atoms with Crippen molar-refractivity contribution in [2.24, 2.45) is 5.92 Å². The van der Waals surface area contributed by atoms with Gasteiger partial charge in [-0.15, -0.1) is 11.3 Å². The number of carbonyl (C=O) groups excluding carboxylic acids is 1. The number of piperidine rings is 1. The maximum atomic E-state index is 12.8. The highest BCUT2D eigenvalue weighted by molar-refractivity contribution is 7.15. The van der Waals surface area contributed by atoms with Crippen molar-refractivity contribution in [3.63, 3.8) is 0 Å². The molecule has 0 aliphatic carbocycles. The van der Waals surface area contributed by atoms with Crippen molar-refractivity contribution in [2.45, 2.75) is 32.2 Å². The molecule has 0 radical (unpaired) electrons. The number of fused-ring (bicyclic) bond motifs is 1. The number of hydrogen-bond acceptors (Lipinski definition) is 7. The number of pyridine rings is 2. The van der Waals surface area contributed by atoms with Crippen molar-refractivity contribution < 1.29 is 9.53 Å². The molecule has 0 aromatic carbocycles. The zero-order valence-electron chi connectivity index (χ0n) is 16.5. The van der Waals surface area contributed by atoms with Crippen molar-refractivity contribution in [2.75, 3.05) is 26.3 Å². The van der Waals surface area contributed by atoms with E-state index in [0.717, 1.165) is 71.2 Å². The minimum absolute atomic E-state index is 0.148. The maximum Gasteiger partial charge on any atom is 0.142 e. The molecule has 0 atom stereocenters. The number of ether oxygens (including phenoxy) is 1. The normalized spacial score (nSPS) is 18.8. The number of aryl methyl sites for hydroxylation is 1. The van der Waals surface area contributed by atoms with Crippen molar-refractivity contribution >= 4 is 28.0 Å². The van der Waals surface area contributed by atoms with Gasteiger partial charge in [-0.2, -0.15) is 0 Å². The third-order valence-corrected chi connectivity index (χ3v) is 6.97. The zero-order chi connectivity index (χ0) is 19.8. The lowest BCUT2D eigenvalue weighted by molar-refractivity contribution is -0.125. The first-order chi connectivity index (χ1) is 14.2. The Morgan fingerprint density at radius 2 is 1.97 bits per heavy atom. The molecular formula is C22H24N4O2S. The Balaban J connectivity index is 1.28. The molecular weight excluding hydrogens is 384 g/mol. The molecule has 7 heteroatoms. The molecule has 2 aliphatic rings. The fourth-order valence-electron chi connectivity index (χ4n) is 4.15. The van der Waals surface area contributed by atoms with Crippen LogP contribution in [0.4, 0.5) is 0 Å². The smallest absolute Gasteiger partial charge is 0.142 e. The van der Waals surface area contributed by atoms with E-state index in [2.05, 4.69) is 25.9 Å². The van der Waals surface area contributed by atoms with Gasteiger partial charge in [0, 0.05) is 41.4 Å². The number of Topliss-reactive ketones (excluding diaryl/α,β-unsaturated/α-hetero) is 1. The van der Waals surface area contributed by atoms with Crippen molar-refractivity contribution in [1.82, 2.24) is 19.9 Å². The summed E-state index contributed by atoms with van der Waals surface area (Å²) in [6.07, 6.45) is 7.81. The van der Waals surface area contributed by atoms with Crippen LogP contribution in [-0.4, -0.2) is 58.0 Å². The van der Waals surface area contributed by atoms with Crippen LogP contribution < -0.4 is 0 Å². The summed E-state index contributed by atoms with van der Waals surface area (Å²) in [6.45, 7) is 5.68. The summed E-state index contributed by atoms with van der Waals surface area (Å²) < 4.78 is 5.29. The number of hydrogen-bond donors (Lipinski definition) is 0. The van der Waals surface area contributed by atoms with Gasteiger partial charge >= 0.3 is 0 Å². The fourth-order valence-corrected chi connectivity index (χ4v) is 4.90. The SMILES string of the molecule is Cc1ncc(-c2cnc3cnc(CC(=O)C4CCN(C5COC5)CC4)cc3c2)s1. The fraction of sp³-hybridized carbons (Fsp3) is 0.455. The quantitative estimate of drug-likeness (QED) is 0.645. The molecule has 5 heterocycles. The van der Waals surface area contributed by atoms with Gasteiger partial charge in [-0.3, -0.25) is 19.7 Å². The minimum atomic E-state index is 0.148. The minimum Gasteiger partial charge on any atom is -0.378 e. The van der Waals surface area contributed by atoms with Crippen LogP contribution in [0.3, 0.4) is 0 Å². The molecule has 0 amide bonds. The van der Waals surface area contributed by atoms with E-state index in [9.17, 15) is 4.79 Å². The number of nitrogens with zero attached hydrogens (tertiary/aromatic N) is 4. The molecule has 3 aromatic rings. The summed E-state index contributed by atoms with van der Waals surface area (Å²) in [5.74, 6) is 0.456. The van der Waals surface area contributed by atoms with Gasteiger partial charge in [0.25, 0.3) is 0 Å². The molecule has 2 aliphatic heterocycles. The van der Waals surface area contributed by atoms with Crippen molar-refractivity contribution in [3.05, 3.63) is 41.4 Å². The summed E-state index contributed by atoms with van der Waals surface area (Å²) in [5.41, 5.74) is 2.73. The largest absolute Gasteiger partial charge is 0.378 e. The molecule has 0 bridgehead atoms. The average Bonchev–Trinajstić information content (AvgIpc) is 3.13. The highest BCUT2D eigenvalue weighted by Gasteiger charge is 2.31. The lowest BCUT2D eigenvalue weighted by Gasteiger charge is -2.41. The summed E-state index contributed by atoms with van der Waals surface area (Å²) in [6, 6.07) is 4.69. The van der Waals surface area contributed by atoms with Crippen molar-refractivity contribution in [3.8, 4) is 10.4 Å². The second-order valence-electron chi connectivity index (χ2n) is 7.98. The Kier molecular flexibility index (Phi) is 5.11. The first-order valence-corrected chi connectivity index (χ1v) is 11.0. The number of carbonyl (C=O) groups is 1. The lowest BCUT2D eigenvalue weighted by atomic mass is 9.89. The Morgan fingerprint density at radius 3 is 2.66 bits per heavy atom. The molecule has 29 heavy (non-hydrogen) atoms. The Bertz CT molecular complexity index is 1040. The average molecular weight is 409 g/mol. The third kappa shape index (κ3) is 3.95. The van der Waals surface area contributed by atoms with Crippen LogP contribution in [0.2, 0.25) is 0 Å².